The molecule has 1 aliphatic heterocycles. The molecule has 0 amide bonds. The molecule has 54 valence electrons. The van der Waals surface area contributed by atoms with Gasteiger partial charge >= 0.3 is 0 Å². The SMILES string of the molecule is CC[C@@]1(C)NCCCO1. The summed E-state index contributed by atoms with van der Waals surface area (Å²) in [5, 5.41) is 3.32. The molecule has 9 heavy (non-hydrogen) atoms. The maximum Gasteiger partial charge on any atom is 0.116 e. The van der Waals surface area contributed by atoms with Gasteiger partial charge in [-0.3, -0.25) is 5.32 Å². The molecule has 1 atom stereocenters. The molecule has 2 heteroatoms. The molecular weight excluding hydrogens is 114 g/mol. The average molecular weight is 129 g/mol. The van der Waals surface area contributed by atoms with Crippen LogP contribution < -0.4 is 5.32 Å². The number of rotatable bonds is 1. The lowest BCUT2D eigenvalue weighted by molar-refractivity contribution is -0.0837. The van der Waals surface area contributed by atoms with Crippen molar-refractivity contribution in [1.82, 2.24) is 5.32 Å². The Kier molecular flexibility index (Phi) is 2.09. The molecule has 1 saturated heterocycles. The van der Waals surface area contributed by atoms with Crippen LogP contribution >= 0.6 is 0 Å². The Hall–Kier alpha value is -0.0800. The van der Waals surface area contributed by atoms with E-state index in [1.807, 2.05) is 0 Å². The Morgan fingerprint density at radius 2 is 2.44 bits per heavy atom. The third-order valence-corrected chi connectivity index (χ3v) is 1.92. The minimum Gasteiger partial charge on any atom is -0.361 e. The highest BCUT2D eigenvalue weighted by molar-refractivity contribution is 4.73. The minimum absolute atomic E-state index is 0.0295. The highest BCUT2D eigenvalue weighted by atomic mass is 16.5. The molecule has 0 bridgehead atoms. The highest BCUT2D eigenvalue weighted by Gasteiger charge is 2.23. The summed E-state index contributed by atoms with van der Waals surface area (Å²) in [6.07, 6.45) is 2.20. The predicted octanol–water partition coefficient (Wildman–Crippen LogP) is 1.12. The van der Waals surface area contributed by atoms with Crippen LogP contribution in [0.1, 0.15) is 26.7 Å². The molecule has 0 unspecified atom stereocenters. The molecule has 1 N–H and O–H groups in total. The summed E-state index contributed by atoms with van der Waals surface area (Å²) < 4.78 is 5.50. The zero-order valence-electron chi connectivity index (χ0n) is 6.24. The maximum absolute atomic E-state index is 5.50. The van der Waals surface area contributed by atoms with Gasteiger partial charge < -0.3 is 4.74 Å². The number of hydrogen-bond acceptors (Lipinski definition) is 2. The molecule has 2 nitrogen and oxygen atoms in total. The van der Waals surface area contributed by atoms with Crippen molar-refractivity contribution in [2.45, 2.75) is 32.4 Å². The fraction of sp³-hybridized carbons (Fsp3) is 1.00. The van der Waals surface area contributed by atoms with Crippen molar-refractivity contribution in [3.8, 4) is 0 Å². The quantitative estimate of drug-likeness (QED) is 0.573. The zero-order valence-corrected chi connectivity index (χ0v) is 6.24. The molecule has 1 heterocycles. The van der Waals surface area contributed by atoms with Crippen LogP contribution in [0.25, 0.3) is 0 Å². The summed E-state index contributed by atoms with van der Waals surface area (Å²) in [6, 6.07) is 0. The van der Waals surface area contributed by atoms with Crippen molar-refractivity contribution in [2.75, 3.05) is 13.2 Å². The van der Waals surface area contributed by atoms with Crippen LogP contribution in [0.4, 0.5) is 0 Å². The van der Waals surface area contributed by atoms with Gasteiger partial charge in [-0.25, -0.2) is 0 Å². The summed E-state index contributed by atoms with van der Waals surface area (Å²) in [6.45, 7) is 6.26. The molecule has 1 rings (SSSR count). The van der Waals surface area contributed by atoms with Gasteiger partial charge in [0.05, 0.1) is 6.61 Å². The second kappa shape index (κ2) is 2.67. The Bertz CT molecular complexity index is 86.9. The largest absolute Gasteiger partial charge is 0.361 e. The lowest BCUT2D eigenvalue weighted by Crippen LogP contribution is -2.48. The van der Waals surface area contributed by atoms with E-state index in [1.54, 1.807) is 0 Å². The Morgan fingerprint density at radius 3 is 2.78 bits per heavy atom. The first-order chi connectivity index (χ1) is 4.27. The molecule has 1 fully saturated rings. The van der Waals surface area contributed by atoms with Crippen molar-refractivity contribution in [3.63, 3.8) is 0 Å². The van der Waals surface area contributed by atoms with Crippen molar-refractivity contribution in [1.29, 1.82) is 0 Å². The van der Waals surface area contributed by atoms with Gasteiger partial charge in [0.25, 0.3) is 0 Å². The Morgan fingerprint density at radius 1 is 1.67 bits per heavy atom. The van der Waals surface area contributed by atoms with Gasteiger partial charge in [-0.2, -0.15) is 0 Å². The van der Waals surface area contributed by atoms with Gasteiger partial charge in [0.15, 0.2) is 0 Å². The fourth-order valence-corrected chi connectivity index (χ4v) is 1.00. The minimum atomic E-state index is -0.0295. The second-order valence-corrected chi connectivity index (χ2v) is 2.71. The third kappa shape index (κ3) is 1.66. The normalized spacial score (nSPS) is 36.7. The molecule has 0 saturated carbocycles. The maximum atomic E-state index is 5.50. The highest BCUT2D eigenvalue weighted by Crippen LogP contribution is 2.14. The van der Waals surface area contributed by atoms with E-state index in [2.05, 4.69) is 19.2 Å². The second-order valence-electron chi connectivity index (χ2n) is 2.71. The van der Waals surface area contributed by atoms with Crippen molar-refractivity contribution in [2.24, 2.45) is 0 Å². The van der Waals surface area contributed by atoms with Gasteiger partial charge in [0.1, 0.15) is 5.72 Å². The molecule has 0 aromatic carbocycles. The fourth-order valence-electron chi connectivity index (χ4n) is 1.00. The molecule has 1 aliphatic rings. The summed E-state index contributed by atoms with van der Waals surface area (Å²) in [5.74, 6) is 0. The van der Waals surface area contributed by atoms with E-state index in [4.69, 9.17) is 4.74 Å². The standard InChI is InChI=1S/C7H15NO/c1-3-7(2)8-5-4-6-9-7/h8H,3-6H2,1-2H3/t7-/m0/s1. The van der Waals surface area contributed by atoms with Gasteiger partial charge in [-0.1, -0.05) is 6.92 Å². The van der Waals surface area contributed by atoms with Gasteiger partial charge in [0, 0.05) is 0 Å². The van der Waals surface area contributed by atoms with Crippen LogP contribution in [-0.2, 0) is 4.74 Å². The predicted molar refractivity (Wildman–Crippen MR) is 37.3 cm³/mol. The molecule has 0 spiro atoms. The van der Waals surface area contributed by atoms with Gasteiger partial charge in [-0.05, 0) is 26.3 Å². The lowest BCUT2D eigenvalue weighted by Gasteiger charge is -2.33. The van der Waals surface area contributed by atoms with Crippen molar-refractivity contribution in [3.05, 3.63) is 0 Å². The van der Waals surface area contributed by atoms with Crippen LogP contribution in [0.15, 0.2) is 0 Å². The average Bonchev–Trinajstić information content (AvgIpc) is 1.90. The Balaban J connectivity index is 2.37. The number of nitrogens with one attached hydrogen (secondary N) is 1. The first kappa shape index (κ1) is 7.03. The Labute approximate surface area is 56.6 Å². The van der Waals surface area contributed by atoms with E-state index in [0.717, 1.165) is 26.0 Å². The van der Waals surface area contributed by atoms with Crippen LogP contribution in [0.3, 0.4) is 0 Å². The van der Waals surface area contributed by atoms with E-state index < -0.39 is 0 Å². The first-order valence-corrected chi connectivity index (χ1v) is 3.66. The zero-order chi connectivity index (χ0) is 6.74. The van der Waals surface area contributed by atoms with E-state index in [9.17, 15) is 0 Å². The number of hydrogen-bond donors (Lipinski definition) is 1. The molecular formula is C7H15NO. The van der Waals surface area contributed by atoms with E-state index >= 15 is 0 Å². The van der Waals surface area contributed by atoms with E-state index in [1.165, 1.54) is 0 Å². The van der Waals surface area contributed by atoms with Crippen LogP contribution in [0, 0.1) is 0 Å². The van der Waals surface area contributed by atoms with E-state index in [0.29, 0.717) is 0 Å². The topological polar surface area (TPSA) is 21.3 Å². The van der Waals surface area contributed by atoms with Crippen LogP contribution in [0.2, 0.25) is 0 Å². The van der Waals surface area contributed by atoms with E-state index in [-0.39, 0.29) is 5.72 Å². The molecule has 0 aromatic heterocycles. The van der Waals surface area contributed by atoms with Gasteiger partial charge in [0.2, 0.25) is 0 Å². The summed E-state index contributed by atoms with van der Waals surface area (Å²) in [5.41, 5.74) is -0.0295. The molecule has 0 aliphatic carbocycles. The monoisotopic (exact) mass is 129 g/mol. The number of ether oxygens (including phenoxy) is 1. The summed E-state index contributed by atoms with van der Waals surface area (Å²) in [4.78, 5) is 0. The first-order valence-electron chi connectivity index (χ1n) is 3.66. The van der Waals surface area contributed by atoms with Crippen molar-refractivity contribution >= 4 is 0 Å². The third-order valence-electron chi connectivity index (χ3n) is 1.92. The molecule has 0 aromatic rings. The summed E-state index contributed by atoms with van der Waals surface area (Å²) in [7, 11) is 0. The smallest absolute Gasteiger partial charge is 0.116 e. The lowest BCUT2D eigenvalue weighted by atomic mass is 10.1. The molecule has 0 radical (unpaired) electrons. The summed E-state index contributed by atoms with van der Waals surface area (Å²) >= 11 is 0. The van der Waals surface area contributed by atoms with Crippen LogP contribution in [-0.4, -0.2) is 18.9 Å². The van der Waals surface area contributed by atoms with Crippen molar-refractivity contribution < 1.29 is 4.74 Å². The van der Waals surface area contributed by atoms with Crippen LogP contribution in [0.5, 0.6) is 0 Å². The van der Waals surface area contributed by atoms with Gasteiger partial charge in [-0.15, -0.1) is 0 Å².